The first kappa shape index (κ1) is 21.3. The Hall–Kier alpha value is -3.52. The summed E-state index contributed by atoms with van der Waals surface area (Å²) in [5, 5.41) is 16.1. The molecule has 3 aromatic carbocycles. The average Bonchev–Trinajstić information content (AvgIpc) is 3.67. The summed E-state index contributed by atoms with van der Waals surface area (Å²) in [7, 11) is 3.15. The number of hydrogen-bond donors (Lipinski definition) is 2. The number of fused-ring (bicyclic) bond motifs is 2. The average molecular weight is 462 g/mol. The summed E-state index contributed by atoms with van der Waals surface area (Å²) in [4.78, 5) is 20.3. The van der Waals surface area contributed by atoms with Crippen LogP contribution in [0.1, 0.15) is 24.3 Å². The molecule has 1 aromatic heterocycles. The Balaban J connectivity index is 1.64. The molecule has 0 bridgehead atoms. The minimum absolute atomic E-state index is 0.128. The number of thioether (sulfide) groups is 1. The van der Waals surface area contributed by atoms with Crippen LogP contribution < -0.4 is 14.8 Å². The van der Waals surface area contributed by atoms with Crippen LogP contribution in [0.5, 0.6) is 11.5 Å². The van der Waals surface area contributed by atoms with E-state index in [-0.39, 0.29) is 5.75 Å². The van der Waals surface area contributed by atoms with E-state index in [9.17, 15) is 4.79 Å². The zero-order valence-corrected chi connectivity index (χ0v) is 19.1. The lowest BCUT2D eigenvalue weighted by molar-refractivity contribution is -0.133. The fourth-order valence-corrected chi connectivity index (χ4v) is 4.60. The molecule has 0 aliphatic heterocycles. The highest BCUT2D eigenvalue weighted by molar-refractivity contribution is 7.99. The van der Waals surface area contributed by atoms with E-state index in [1.807, 2.05) is 12.1 Å². The second kappa shape index (κ2) is 8.78. The number of nitrogens with zero attached hydrogens (tertiary/aromatic N) is 2. The first-order chi connectivity index (χ1) is 16.1. The molecule has 8 heteroatoms. The van der Waals surface area contributed by atoms with Crippen molar-refractivity contribution in [1.82, 2.24) is 9.97 Å². The van der Waals surface area contributed by atoms with Crippen LogP contribution in [0.2, 0.25) is 0 Å². The summed E-state index contributed by atoms with van der Waals surface area (Å²) >= 11 is 1.08. The third kappa shape index (κ3) is 4.26. The maximum atomic E-state index is 11.1. The highest BCUT2D eigenvalue weighted by atomic mass is 32.2. The van der Waals surface area contributed by atoms with Gasteiger partial charge < -0.3 is 19.9 Å². The Bertz CT molecular complexity index is 1370. The van der Waals surface area contributed by atoms with Crippen molar-refractivity contribution < 1.29 is 19.4 Å². The quantitative estimate of drug-likeness (QED) is 0.259. The minimum atomic E-state index is -0.924. The number of aliphatic carboxylic acids is 1. The van der Waals surface area contributed by atoms with Gasteiger partial charge in [0, 0.05) is 22.5 Å². The van der Waals surface area contributed by atoms with Crippen LogP contribution in [0.4, 0.5) is 11.5 Å². The van der Waals surface area contributed by atoms with Gasteiger partial charge >= 0.3 is 5.97 Å². The fraction of sp³-hybridized carbons (Fsp3) is 0.240. The number of aromatic nitrogens is 2. The molecule has 0 spiro atoms. The largest absolute Gasteiger partial charge is 0.493 e. The molecule has 0 unspecified atom stereocenters. The smallest absolute Gasteiger partial charge is 0.313 e. The molecule has 2 N–H and O–H groups in total. The first-order valence-corrected chi connectivity index (χ1v) is 11.6. The van der Waals surface area contributed by atoms with Gasteiger partial charge in [-0.1, -0.05) is 42.1 Å². The van der Waals surface area contributed by atoms with Gasteiger partial charge in [0.05, 0.1) is 25.5 Å². The predicted octanol–water partition coefficient (Wildman–Crippen LogP) is 5.60. The van der Waals surface area contributed by atoms with Crippen LogP contribution >= 0.6 is 11.8 Å². The Morgan fingerprint density at radius 3 is 2.45 bits per heavy atom. The summed E-state index contributed by atoms with van der Waals surface area (Å²) in [5.41, 5.74) is 2.95. The Morgan fingerprint density at radius 2 is 1.76 bits per heavy atom. The lowest BCUT2D eigenvalue weighted by Crippen LogP contribution is -2.03. The number of methoxy groups -OCH3 is 2. The SMILES string of the molecule is COc1cc2nc(SCC(=O)O)nc(Nc3ccc(C4CC4)c4ccccc34)c2cc1OC. The summed E-state index contributed by atoms with van der Waals surface area (Å²) in [5.74, 6) is 1.28. The van der Waals surface area contributed by atoms with E-state index in [1.165, 1.54) is 23.8 Å². The molecule has 1 saturated carbocycles. The summed E-state index contributed by atoms with van der Waals surface area (Å²) in [6, 6.07) is 16.3. The molecule has 5 rings (SSSR count). The van der Waals surface area contributed by atoms with Crippen molar-refractivity contribution in [3.8, 4) is 11.5 Å². The van der Waals surface area contributed by atoms with Gasteiger partial charge in [0.15, 0.2) is 16.7 Å². The van der Waals surface area contributed by atoms with E-state index < -0.39 is 5.97 Å². The highest BCUT2D eigenvalue weighted by Gasteiger charge is 2.25. The van der Waals surface area contributed by atoms with Crippen LogP contribution in [0.25, 0.3) is 21.7 Å². The van der Waals surface area contributed by atoms with Gasteiger partial charge in [0.2, 0.25) is 0 Å². The first-order valence-electron chi connectivity index (χ1n) is 10.6. The van der Waals surface area contributed by atoms with Crippen molar-refractivity contribution in [1.29, 1.82) is 0 Å². The zero-order valence-electron chi connectivity index (χ0n) is 18.3. The van der Waals surface area contributed by atoms with Crippen LogP contribution in [-0.4, -0.2) is 41.0 Å². The molecule has 7 nitrogen and oxygen atoms in total. The Labute approximate surface area is 195 Å². The van der Waals surface area contributed by atoms with Gasteiger partial charge in [-0.25, -0.2) is 9.97 Å². The maximum Gasteiger partial charge on any atom is 0.313 e. The molecule has 0 amide bonds. The van der Waals surface area contributed by atoms with Gasteiger partial charge in [0.1, 0.15) is 5.82 Å². The summed E-state index contributed by atoms with van der Waals surface area (Å²) < 4.78 is 10.9. The number of ether oxygens (including phenoxy) is 2. The van der Waals surface area contributed by atoms with Crippen LogP contribution in [-0.2, 0) is 4.79 Å². The highest BCUT2D eigenvalue weighted by Crippen LogP contribution is 2.45. The lowest BCUT2D eigenvalue weighted by Gasteiger charge is -2.16. The minimum Gasteiger partial charge on any atom is -0.493 e. The monoisotopic (exact) mass is 461 g/mol. The number of nitrogens with one attached hydrogen (secondary N) is 1. The van der Waals surface area contributed by atoms with Gasteiger partial charge in [-0.05, 0) is 41.8 Å². The van der Waals surface area contributed by atoms with Gasteiger partial charge in [-0.2, -0.15) is 0 Å². The topological polar surface area (TPSA) is 93.6 Å². The molecule has 33 heavy (non-hydrogen) atoms. The second-order valence-electron chi connectivity index (χ2n) is 7.91. The molecule has 0 saturated heterocycles. The molecule has 1 fully saturated rings. The third-order valence-electron chi connectivity index (χ3n) is 5.73. The maximum absolute atomic E-state index is 11.1. The number of carboxylic acids is 1. The number of anilines is 2. The lowest BCUT2D eigenvalue weighted by atomic mass is 9.99. The van der Waals surface area contributed by atoms with E-state index in [0.717, 1.165) is 28.2 Å². The molecule has 168 valence electrons. The Morgan fingerprint density at radius 1 is 1.03 bits per heavy atom. The molecule has 0 atom stereocenters. The van der Waals surface area contributed by atoms with Gasteiger partial charge in [-0.15, -0.1) is 0 Å². The van der Waals surface area contributed by atoms with Crippen molar-refractivity contribution in [2.75, 3.05) is 25.3 Å². The number of benzene rings is 3. The van der Waals surface area contributed by atoms with Crippen molar-refractivity contribution in [2.45, 2.75) is 23.9 Å². The molecule has 1 aliphatic carbocycles. The fourth-order valence-electron chi connectivity index (χ4n) is 4.03. The van der Waals surface area contributed by atoms with Crippen LogP contribution in [0.15, 0.2) is 53.7 Å². The van der Waals surface area contributed by atoms with E-state index in [4.69, 9.17) is 14.6 Å². The molecule has 4 aromatic rings. The van der Waals surface area contributed by atoms with E-state index >= 15 is 0 Å². The third-order valence-corrected chi connectivity index (χ3v) is 6.57. The van der Waals surface area contributed by atoms with E-state index in [1.54, 1.807) is 20.3 Å². The van der Waals surface area contributed by atoms with Crippen LogP contribution in [0.3, 0.4) is 0 Å². The molecule has 1 aliphatic rings. The van der Waals surface area contributed by atoms with Crippen molar-refractivity contribution in [3.05, 3.63) is 54.1 Å². The number of hydrogen-bond acceptors (Lipinski definition) is 7. The summed E-state index contributed by atoms with van der Waals surface area (Å²) in [6.45, 7) is 0. The molecule has 0 radical (unpaired) electrons. The van der Waals surface area contributed by atoms with Crippen molar-refractivity contribution >= 4 is 50.9 Å². The van der Waals surface area contributed by atoms with Crippen molar-refractivity contribution in [2.24, 2.45) is 0 Å². The Kier molecular flexibility index (Phi) is 5.68. The number of carboxylic acid groups (broad SMARTS) is 1. The number of rotatable bonds is 8. The van der Waals surface area contributed by atoms with Crippen molar-refractivity contribution in [3.63, 3.8) is 0 Å². The molecule has 1 heterocycles. The molecular formula is C25H23N3O4S. The normalized spacial score (nSPS) is 13.3. The predicted molar refractivity (Wildman–Crippen MR) is 130 cm³/mol. The van der Waals surface area contributed by atoms with E-state index in [2.05, 4.69) is 45.6 Å². The second-order valence-corrected chi connectivity index (χ2v) is 8.85. The standard InChI is InChI=1S/C25H23N3O4S/c1-31-21-11-18-20(12-22(21)32-2)27-25(33-13-23(29)30)28-24(18)26-19-10-9-15(14-7-8-14)16-5-3-4-6-17(16)19/h3-6,9-12,14H,7-8,13H2,1-2H3,(H,29,30)(H,26,27,28). The molecular weight excluding hydrogens is 438 g/mol. The zero-order chi connectivity index (χ0) is 22.9. The van der Waals surface area contributed by atoms with Gasteiger partial charge in [-0.3, -0.25) is 4.79 Å². The van der Waals surface area contributed by atoms with Gasteiger partial charge in [0.25, 0.3) is 0 Å². The number of carbonyl (C=O) groups is 1. The van der Waals surface area contributed by atoms with Crippen LogP contribution in [0, 0.1) is 0 Å². The van der Waals surface area contributed by atoms with E-state index in [0.29, 0.717) is 33.9 Å². The summed E-state index contributed by atoms with van der Waals surface area (Å²) in [6.07, 6.45) is 2.47.